The van der Waals surface area contributed by atoms with E-state index in [0.717, 1.165) is 24.3 Å². The van der Waals surface area contributed by atoms with Gasteiger partial charge >= 0.3 is 0 Å². The molecule has 0 N–H and O–H groups in total. The molecule has 1 nitrogen and oxygen atoms in total. The number of benzene rings is 2. The third kappa shape index (κ3) is 6.03. The van der Waals surface area contributed by atoms with E-state index in [9.17, 15) is 0 Å². The van der Waals surface area contributed by atoms with Crippen LogP contribution in [0.5, 0.6) is 5.75 Å². The molecule has 0 heterocycles. The maximum atomic E-state index is 5.55. The second-order valence-corrected chi connectivity index (χ2v) is 7.69. The molecule has 146 valence electrons. The molecule has 1 heteroatoms. The third-order valence-electron chi connectivity index (χ3n) is 5.60. The first kappa shape index (κ1) is 20.3. The Balaban J connectivity index is 1.46. The maximum absolute atomic E-state index is 5.55. The molecule has 0 aromatic heterocycles. The smallest absolute Gasteiger partial charge is 0.119 e. The van der Waals surface area contributed by atoms with Crippen molar-refractivity contribution in [3.63, 3.8) is 0 Å². The van der Waals surface area contributed by atoms with E-state index < -0.39 is 0 Å². The van der Waals surface area contributed by atoms with Gasteiger partial charge in [-0.1, -0.05) is 55.5 Å². The summed E-state index contributed by atoms with van der Waals surface area (Å²) in [4.78, 5) is 0. The summed E-state index contributed by atoms with van der Waals surface area (Å²) in [6.45, 7) is 4.96. The Bertz CT molecular complexity index is 794. The standard InChI is InChI=1S/C27H32O/c1-3-7-22-10-12-23(13-11-22)8-5-6-9-24-14-16-25(17-15-24)26-18-20-27(21-19-26)28-4-2/h6,9-13,18-21,24-25H,3-4,7,14-17H2,1-2H3/t24-,25-. The van der Waals surface area contributed by atoms with Gasteiger partial charge in [0.25, 0.3) is 0 Å². The lowest BCUT2D eigenvalue weighted by atomic mass is 9.78. The molecule has 3 rings (SSSR count). The van der Waals surface area contributed by atoms with Gasteiger partial charge in [-0.2, -0.15) is 0 Å². The molecule has 0 amide bonds. The van der Waals surface area contributed by atoms with E-state index in [4.69, 9.17) is 4.74 Å². The molecular formula is C27H32O. The van der Waals surface area contributed by atoms with Gasteiger partial charge in [0, 0.05) is 5.56 Å². The van der Waals surface area contributed by atoms with Gasteiger partial charge in [-0.05, 0) is 92.3 Å². The molecule has 0 unspecified atom stereocenters. The lowest BCUT2D eigenvalue weighted by Crippen LogP contribution is -2.11. The van der Waals surface area contributed by atoms with Crippen molar-refractivity contribution < 1.29 is 4.74 Å². The summed E-state index contributed by atoms with van der Waals surface area (Å²) in [5.74, 6) is 8.80. The van der Waals surface area contributed by atoms with Crippen LogP contribution in [0, 0.1) is 17.8 Å². The molecule has 0 bridgehead atoms. The summed E-state index contributed by atoms with van der Waals surface area (Å²) >= 11 is 0. The Morgan fingerprint density at radius 3 is 2.29 bits per heavy atom. The topological polar surface area (TPSA) is 9.23 Å². The first-order valence-corrected chi connectivity index (χ1v) is 10.8. The van der Waals surface area contributed by atoms with E-state index in [0.29, 0.717) is 11.8 Å². The van der Waals surface area contributed by atoms with Crippen molar-refractivity contribution in [3.8, 4) is 17.6 Å². The average molecular weight is 373 g/mol. The summed E-state index contributed by atoms with van der Waals surface area (Å²) in [6, 6.07) is 17.3. The second kappa shape index (κ2) is 10.8. The maximum Gasteiger partial charge on any atom is 0.119 e. The van der Waals surface area contributed by atoms with E-state index in [1.165, 1.54) is 43.2 Å². The van der Waals surface area contributed by atoms with Crippen LogP contribution >= 0.6 is 0 Å². The molecule has 1 fully saturated rings. The minimum atomic E-state index is 0.667. The molecule has 2 aromatic rings. The van der Waals surface area contributed by atoms with Crippen LogP contribution in [0.2, 0.25) is 0 Å². The Labute approximate surface area is 170 Å². The highest BCUT2D eigenvalue weighted by atomic mass is 16.5. The fraction of sp³-hybridized carbons (Fsp3) is 0.407. The first-order valence-electron chi connectivity index (χ1n) is 10.8. The van der Waals surface area contributed by atoms with Crippen molar-refractivity contribution in [2.45, 2.75) is 58.3 Å². The summed E-state index contributed by atoms with van der Waals surface area (Å²) < 4.78 is 5.55. The van der Waals surface area contributed by atoms with Crippen LogP contribution in [-0.2, 0) is 6.42 Å². The zero-order chi connectivity index (χ0) is 19.6. The van der Waals surface area contributed by atoms with Crippen LogP contribution in [0.25, 0.3) is 0 Å². The summed E-state index contributed by atoms with van der Waals surface area (Å²) in [5, 5.41) is 0. The molecule has 28 heavy (non-hydrogen) atoms. The van der Waals surface area contributed by atoms with Crippen LogP contribution in [0.3, 0.4) is 0 Å². The van der Waals surface area contributed by atoms with Crippen molar-refractivity contribution in [2.24, 2.45) is 5.92 Å². The monoisotopic (exact) mass is 372 g/mol. The van der Waals surface area contributed by atoms with Gasteiger partial charge in [0.1, 0.15) is 5.75 Å². The van der Waals surface area contributed by atoms with Crippen molar-refractivity contribution in [3.05, 3.63) is 77.4 Å². The number of rotatable bonds is 6. The first-order chi connectivity index (χ1) is 13.8. The van der Waals surface area contributed by atoms with E-state index in [2.05, 4.69) is 79.4 Å². The predicted octanol–water partition coefficient (Wildman–Crippen LogP) is 6.92. The van der Waals surface area contributed by atoms with E-state index in [1.54, 1.807) is 0 Å². The Morgan fingerprint density at radius 2 is 1.64 bits per heavy atom. The highest BCUT2D eigenvalue weighted by Crippen LogP contribution is 2.36. The average Bonchev–Trinajstić information content (AvgIpc) is 2.74. The number of allylic oxidation sites excluding steroid dienone is 2. The largest absolute Gasteiger partial charge is 0.494 e. The molecule has 0 atom stereocenters. The van der Waals surface area contributed by atoms with Crippen LogP contribution in [0.15, 0.2) is 60.7 Å². The van der Waals surface area contributed by atoms with E-state index in [-0.39, 0.29) is 0 Å². The molecule has 1 aliphatic carbocycles. The predicted molar refractivity (Wildman–Crippen MR) is 119 cm³/mol. The zero-order valence-electron chi connectivity index (χ0n) is 17.3. The fourth-order valence-electron chi connectivity index (χ4n) is 4.00. The molecular weight excluding hydrogens is 340 g/mol. The lowest BCUT2D eigenvalue weighted by molar-refractivity contribution is 0.339. The molecule has 0 aliphatic heterocycles. The fourth-order valence-corrected chi connectivity index (χ4v) is 4.00. The normalized spacial score (nSPS) is 19.2. The Kier molecular flexibility index (Phi) is 7.80. The molecule has 1 aliphatic rings. The van der Waals surface area contributed by atoms with Crippen molar-refractivity contribution >= 4 is 0 Å². The minimum Gasteiger partial charge on any atom is -0.494 e. The van der Waals surface area contributed by atoms with Crippen LogP contribution in [0.4, 0.5) is 0 Å². The summed E-state index contributed by atoms with van der Waals surface area (Å²) in [5.41, 5.74) is 3.95. The molecule has 1 saturated carbocycles. The van der Waals surface area contributed by atoms with Gasteiger partial charge in [0.15, 0.2) is 0 Å². The van der Waals surface area contributed by atoms with Crippen LogP contribution in [0.1, 0.15) is 68.6 Å². The van der Waals surface area contributed by atoms with E-state index >= 15 is 0 Å². The number of ether oxygens (including phenoxy) is 1. The molecule has 2 aromatic carbocycles. The minimum absolute atomic E-state index is 0.667. The highest BCUT2D eigenvalue weighted by molar-refractivity contribution is 5.38. The number of hydrogen-bond donors (Lipinski definition) is 0. The van der Waals surface area contributed by atoms with Gasteiger partial charge in [-0.25, -0.2) is 0 Å². The van der Waals surface area contributed by atoms with Crippen molar-refractivity contribution in [1.29, 1.82) is 0 Å². The van der Waals surface area contributed by atoms with Gasteiger partial charge in [-0.3, -0.25) is 0 Å². The van der Waals surface area contributed by atoms with Gasteiger partial charge < -0.3 is 4.74 Å². The van der Waals surface area contributed by atoms with Crippen LogP contribution in [-0.4, -0.2) is 6.61 Å². The summed E-state index contributed by atoms with van der Waals surface area (Å²) in [6.07, 6.45) is 11.7. The SMILES string of the molecule is CCCc1ccc(C#CC=C[C@H]2CC[C@H](c3ccc(OCC)cc3)CC2)cc1. The number of hydrogen-bond acceptors (Lipinski definition) is 1. The van der Waals surface area contributed by atoms with Crippen molar-refractivity contribution in [1.82, 2.24) is 0 Å². The molecule has 0 radical (unpaired) electrons. The molecule has 0 saturated heterocycles. The zero-order valence-corrected chi connectivity index (χ0v) is 17.3. The third-order valence-corrected chi connectivity index (χ3v) is 5.60. The Morgan fingerprint density at radius 1 is 0.929 bits per heavy atom. The lowest BCUT2D eigenvalue weighted by Gasteiger charge is -2.27. The van der Waals surface area contributed by atoms with E-state index in [1.807, 2.05) is 6.92 Å². The van der Waals surface area contributed by atoms with Gasteiger partial charge in [-0.15, -0.1) is 0 Å². The quantitative estimate of drug-likeness (QED) is 0.500. The van der Waals surface area contributed by atoms with Crippen LogP contribution < -0.4 is 4.74 Å². The highest BCUT2D eigenvalue weighted by Gasteiger charge is 2.20. The Hall–Kier alpha value is -2.46. The second-order valence-electron chi connectivity index (χ2n) is 7.69. The van der Waals surface area contributed by atoms with Gasteiger partial charge in [0.05, 0.1) is 6.61 Å². The van der Waals surface area contributed by atoms with Crippen molar-refractivity contribution in [2.75, 3.05) is 6.61 Å². The van der Waals surface area contributed by atoms with Gasteiger partial charge in [0.2, 0.25) is 0 Å². The molecule has 0 spiro atoms. The summed E-state index contributed by atoms with van der Waals surface area (Å²) in [7, 11) is 0. The number of aryl methyl sites for hydroxylation is 1.